The monoisotopic (exact) mass is 348 g/mol. The number of hydrogen-bond acceptors (Lipinski definition) is 4. The number of nitrogens with one attached hydrogen (secondary N) is 1. The lowest BCUT2D eigenvalue weighted by Gasteiger charge is -2.27. The van der Waals surface area contributed by atoms with Gasteiger partial charge in [-0.1, -0.05) is 42.5 Å². The van der Waals surface area contributed by atoms with E-state index in [1.54, 1.807) is 48.5 Å². The second kappa shape index (κ2) is 6.58. The third-order valence-corrected chi connectivity index (χ3v) is 3.99. The van der Waals surface area contributed by atoms with E-state index in [0.29, 0.717) is 11.3 Å². The predicted molar refractivity (Wildman–Crippen MR) is 87.9 cm³/mol. The number of alkyl halides is 3. The summed E-state index contributed by atoms with van der Waals surface area (Å²) in [6.07, 6.45) is -4.77. The molecule has 2 atom stereocenters. The fraction of sp³-hybridized carbons (Fsp3) is 0.222. The van der Waals surface area contributed by atoms with Crippen molar-refractivity contribution in [3.8, 4) is 0 Å². The molecular weight excluding hydrogens is 333 g/mol. The van der Waals surface area contributed by atoms with Crippen LogP contribution in [0.4, 0.5) is 24.5 Å². The van der Waals surface area contributed by atoms with E-state index >= 15 is 0 Å². The lowest BCUT2D eigenvalue weighted by atomic mass is 9.88. The Morgan fingerprint density at radius 1 is 1.08 bits per heavy atom. The zero-order chi connectivity index (χ0) is 18.0. The first-order valence-electron chi connectivity index (χ1n) is 7.56. The van der Waals surface area contributed by atoms with Gasteiger partial charge in [-0.05, 0) is 17.7 Å². The Morgan fingerprint density at radius 3 is 2.36 bits per heavy atom. The summed E-state index contributed by atoms with van der Waals surface area (Å²) in [6.45, 7) is 0. The van der Waals surface area contributed by atoms with Crippen LogP contribution in [0.5, 0.6) is 0 Å². The van der Waals surface area contributed by atoms with Crippen LogP contribution >= 0.6 is 0 Å². The maximum Gasteiger partial charge on any atom is 0.430 e. The average Bonchev–Trinajstić information content (AvgIpc) is 2.78. The molecule has 1 heterocycles. The van der Waals surface area contributed by atoms with Gasteiger partial charge in [0.2, 0.25) is 0 Å². The van der Waals surface area contributed by atoms with Gasteiger partial charge in [0.1, 0.15) is 11.6 Å². The smallest absolute Gasteiger partial charge is 0.430 e. The number of methoxy groups -OCH3 is 1. The van der Waals surface area contributed by atoms with E-state index in [1.807, 2.05) is 0 Å². The quantitative estimate of drug-likeness (QED) is 0.825. The number of anilines is 1. The van der Waals surface area contributed by atoms with Crippen molar-refractivity contribution >= 4 is 23.1 Å². The minimum Gasteiger partial charge on any atom is -0.468 e. The molecule has 25 heavy (non-hydrogen) atoms. The molecule has 3 rings (SSSR count). The van der Waals surface area contributed by atoms with Crippen molar-refractivity contribution < 1.29 is 22.7 Å². The summed E-state index contributed by atoms with van der Waals surface area (Å²) in [5.41, 5.74) is -0.0936. The van der Waals surface area contributed by atoms with E-state index in [0.717, 1.165) is 7.11 Å². The van der Waals surface area contributed by atoms with Gasteiger partial charge in [-0.3, -0.25) is 4.79 Å². The molecule has 2 aromatic rings. The highest BCUT2D eigenvalue weighted by Gasteiger charge is 2.49. The predicted octanol–water partition coefficient (Wildman–Crippen LogP) is 4.28. The topological polar surface area (TPSA) is 50.7 Å². The second-order valence-electron chi connectivity index (χ2n) is 5.55. The third-order valence-electron chi connectivity index (χ3n) is 3.99. The summed E-state index contributed by atoms with van der Waals surface area (Å²) in [5.74, 6) is -2.62. The number of rotatable bonds is 2. The van der Waals surface area contributed by atoms with Crippen LogP contribution in [0.1, 0.15) is 11.6 Å². The van der Waals surface area contributed by atoms with Crippen molar-refractivity contribution in [1.29, 1.82) is 0 Å². The van der Waals surface area contributed by atoms with Crippen LogP contribution in [0.3, 0.4) is 0 Å². The highest BCUT2D eigenvalue weighted by molar-refractivity contribution is 6.08. The fourth-order valence-corrected chi connectivity index (χ4v) is 2.85. The number of halogens is 3. The number of carbonyl (C=O) groups is 1. The van der Waals surface area contributed by atoms with Crippen LogP contribution < -0.4 is 5.32 Å². The molecular formula is C18H15F3N2O2. The minimum absolute atomic E-state index is 0.127. The summed E-state index contributed by atoms with van der Waals surface area (Å²) in [6, 6.07) is 13.9. The number of nitrogens with zero attached hydrogens (tertiary/aromatic N) is 1. The van der Waals surface area contributed by atoms with Crippen LogP contribution in [0.2, 0.25) is 0 Å². The zero-order valence-corrected chi connectivity index (χ0v) is 13.2. The number of para-hydroxylation sites is 2. The van der Waals surface area contributed by atoms with E-state index in [9.17, 15) is 18.0 Å². The highest BCUT2D eigenvalue weighted by atomic mass is 19.4. The van der Waals surface area contributed by atoms with Crippen molar-refractivity contribution in [2.24, 2.45) is 10.9 Å². The van der Waals surface area contributed by atoms with Crippen molar-refractivity contribution in [1.82, 2.24) is 0 Å². The first-order valence-corrected chi connectivity index (χ1v) is 7.56. The maximum absolute atomic E-state index is 13.7. The fourth-order valence-electron chi connectivity index (χ4n) is 2.85. The maximum atomic E-state index is 13.7. The highest BCUT2D eigenvalue weighted by Crippen LogP contribution is 2.41. The molecule has 0 unspecified atom stereocenters. The largest absolute Gasteiger partial charge is 0.468 e. The molecule has 0 aliphatic carbocycles. The molecule has 0 fully saturated rings. The number of aliphatic imine (C=N–C) groups is 1. The molecule has 0 radical (unpaired) electrons. The van der Waals surface area contributed by atoms with Gasteiger partial charge in [0.25, 0.3) is 0 Å². The lowest BCUT2D eigenvalue weighted by molar-refractivity contribution is -0.145. The average molecular weight is 348 g/mol. The zero-order valence-electron chi connectivity index (χ0n) is 13.2. The number of hydrogen-bond donors (Lipinski definition) is 1. The molecule has 1 aliphatic rings. The van der Waals surface area contributed by atoms with Gasteiger partial charge < -0.3 is 10.1 Å². The molecule has 1 aliphatic heterocycles. The van der Waals surface area contributed by atoms with Gasteiger partial charge in [0.05, 0.1) is 24.5 Å². The molecule has 0 bridgehead atoms. The van der Waals surface area contributed by atoms with Gasteiger partial charge in [-0.2, -0.15) is 13.2 Å². The Hall–Kier alpha value is -2.83. The van der Waals surface area contributed by atoms with E-state index in [1.165, 1.54) is 6.07 Å². The van der Waals surface area contributed by atoms with Gasteiger partial charge in [-0.15, -0.1) is 0 Å². The molecule has 2 aromatic carbocycles. The lowest BCUT2D eigenvalue weighted by Crippen LogP contribution is -2.41. The van der Waals surface area contributed by atoms with E-state index in [2.05, 4.69) is 15.0 Å². The van der Waals surface area contributed by atoms with E-state index in [4.69, 9.17) is 0 Å². The molecule has 4 nitrogen and oxygen atoms in total. The Kier molecular flexibility index (Phi) is 4.48. The van der Waals surface area contributed by atoms with Gasteiger partial charge in [0.15, 0.2) is 0 Å². The number of carbonyl (C=O) groups excluding carboxylic acids is 1. The molecule has 7 heteroatoms. The Balaban J connectivity index is 2.23. The van der Waals surface area contributed by atoms with Crippen molar-refractivity contribution in [2.45, 2.75) is 12.2 Å². The summed E-state index contributed by atoms with van der Waals surface area (Å²) < 4.78 is 45.7. The SMILES string of the molecule is COC(=O)[C@@H]1C(C(F)(F)F)=Nc2ccccc2N[C@@H]1c1ccccc1. The van der Waals surface area contributed by atoms with Crippen LogP contribution in [-0.2, 0) is 9.53 Å². The molecule has 0 aromatic heterocycles. The standard InChI is InChI=1S/C18H15F3N2O2/c1-25-17(24)14-15(11-7-3-2-4-8-11)22-12-9-5-6-10-13(12)23-16(14)18(19,20)21/h2-10,14-15,22H,1H3/t14-,15+/m0/s1. The molecule has 0 amide bonds. The van der Waals surface area contributed by atoms with Crippen molar-refractivity contribution in [3.63, 3.8) is 0 Å². The van der Waals surface area contributed by atoms with Crippen LogP contribution in [0.25, 0.3) is 0 Å². The number of fused-ring (bicyclic) bond motifs is 1. The van der Waals surface area contributed by atoms with E-state index < -0.39 is 29.8 Å². The van der Waals surface area contributed by atoms with Crippen molar-refractivity contribution in [2.75, 3.05) is 12.4 Å². The summed E-state index contributed by atoms with van der Waals surface area (Å²) in [5, 5.41) is 3.03. The van der Waals surface area contributed by atoms with Gasteiger partial charge >= 0.3 is 12.1 Å². The normalized spacial score (nSPS) is 19.9. The van der Waals surface area contributed by atoms with Crippen LogP contribution in [0.15, 0.2) is 59.6 Å². The van der Waals surface area contributed by atoms with Crippen LogP contribution in [-0.4, -0.2) is 25.0 Å². The first kappa shape index (κ1) is 17.0. The summed E-state index contributed by atoms with van der Waals surface area (Å²) >= 11 is 0. The minimum atomic E-state index is -4.77. The van der Waals surface area contributed by atoms with E-state index in [-0.39, 0.29) is 5.69 Å². The molecule has 0 saturated carbocycles. The second-order valence-corrected chi connectivity index (χ2v) is 5.55. The molecule has 0 spiro atoms. The van der Waals surface area contributed by atoms with Crippen molar-refractivity contribution in [3.05, 3.63) is 60.2 Å². The Bertz CT molecular complexity index is 803. The number of esters is 1. The van der Waals surface area contributed by atoms with Gasteiger partial charge in [-0.25, -0.2) is 4.99 Å². The summed E-state index contributed by atoms with van der Waals surface area (Å²) in [4.78, 5) is 16.0. The van der Waals surface area contributed by atoms with Gasteiger partial charge in [0, 0.05) is 0 Å². The number of benzene rings is 2. The molecule has 1 N–H and O–H groups in total. The van der Waals surface area contributed by atoms with Crippen LogP contribution in [0, 0.1) is 5.92 Å². The Morgan fingerprint density at radius 2 is 1.72 bits per heavy atom. The number of ether oxygens (including phenoxy) is 1. The summed E-state index contributed by atoms with van der Waals surface area (Å²) in [7, 11) is 1.07. The first-order chi connectivity index (χ1) is 11.9. The third kappa shape index (κ3) is 3.35. The molecule has 0 saturated heterocycles. The Labute approximate surface area is 142 Å². The molecule has 130 valence electrons.